The van der Waals surface area contributed by atoms with Gasteiger partial charge in [0.2, 0.25) is 5.91 Å². The smallest absolute Gasteiger partial charge is 0.239 e. The second kappa shape index (κ2) is 7.31. The van der Waals surface area contributed by atoms with Gasteiger partial charge in [0.25, 0.3) is 0 Å². The van der Waals surface area contributed by atoms with Crippen molar-refractivity contribution in [3.05, 3.63) is 65.5 Å². The fourth-order valence-corrected chi connectivity index (χ4v) is 3.06. The van der Waals surface area contributed by atoms with Crippen LogP contribution in [-0.2, 0) is 21.3 Å². The Kier molecular flexibility index (Phi) is 5.44. The first kappa shape index (κ1) is 16.4. The van der Waals surface area contributed by atoms with Gasteiger partial charge in [0.15, 0.2) is 0 Å². The van der Waals surface area contributed by atoms with E-state index >= 15 is 0 Å². The van der Waals surface area contributed by atoms with Gasteiger partial charge in [-0.15, -0.1) is 0 Å². The SMILES string of the molecule is Cc1cccc(C[S@@](=O)[C@H](C)C(=O)Nc2ccccc2F)c1. The van der Waals surface area contributed by atoms with Crippen molar-refractivity contribution in [1.82, 2.24) is 0 Å². The molecule has 0 fully saturated rings. The summed E-state index contributed by atoms with van der Waals surface area (Å²) in [6, 6.07) is 13.6. The third kappa shape index (κ3) is 4.24. The van der Waals surface area contributed by atoms with Crippen LogP contribution in [-0.4, -0.2) is 15.4 Å². The third-order valence-corrected chi connectivity index (χ3v) is 4.91. The van der Waals surface area contributed by atoms with Crippen molar-refractivity contribution in [3.63, 3.8) is 0 Å². The lowest BCUT2D eigenvalue weighted by atomic mass is 10.2. The van der Waals surface area contributed by atoms with Gasteiger partial charge in [-0.1, -0.05) is 42.0 Å². The van der Waals surface area contributed by atoms with Gasteiger partial charge in [-0.2, -0.15) is 0 Å². The molecule has 1 N–H and O–H groups in total. The predicted molar refractivity (Wildman–Crippen MR) is 87.5 cm³/mol. The van der Waals surface area contributed by atoms with Crippen LogP contribution in [0.2, 0.25) is 0 Å². The highest BCUT2D eigenvalue weighted by Crippen LogP contribution is 2.15. The number of amides is 1. The van der Waals surface area contributed by atoms with Crippen LogP contribution in [0.4, 0.5) is 10.1 Å². The first-order chi connectivity index (χ1) is 10.5. The maximum Gasteiger partial charge on any atom is 0.239 e. The number of carbonyl (C=O) groups is 1. The van der Waals surface area contributed by atoms with E-state index in [2.05, 4.69) is 5.32 Å². The van der Waals surface area contributed by atoms with E-state index < -0.39 is 27.8 Å². The molecule has 0 spiro atoms. The molecule has 0 bridgehead atoms. The van der Waals surface area contributed by atoms with Crippen LogP contribution in [0.1, 0.15) is 18.1 Å². The fourth-order valence-electron chi connectivity index (χ4n) is 2.01. The van der Waals surface area contributed by atoms with Crippen LogP contribution < -0.4 is 5.32 Å². The van der Waals surface area contributed by atoms with Crippen LogP contribution in [0.25, 0.3) is 0 Å². The molecule has 2 aromatic carbocycles. The molecule has 0 aliphatic heterocycles. The molecule has 22 heavy (non-hydrogen) atoms. The average Bonchev–Trinajstić information content (AvgIpc) is 2.48. The van der Waals surface area contributed by atoms with Crippen molar-refractivity contribution in [2.45, 2.75) is 24.9 Å². The minimum absolute atomic E-state index is 0.104. The molecular formula is C17H18FNO2S. The minimum atomic E-state index is -1.37. The summed E-state index contributed by atoms with van der Waals surface area (Å²) in [6.45, 7) is 3.54. The van der Waals surface area contributed by atoms with Gasteiger partial charge >= 0.3 is 0 Å². The monoisotopic (exact) mass is 319 g/mol. The van der Waals surface area contributed by atoms with Gasteiger partial charge in [0.05, 0.1) is 5.69 Å². The molecule has 0 radical (unpaired) electrons. The van der Waals surface area contributed by atoms with Gasteiger partial charge in [0, 0.05) is 16.6 Å². The van der Waals surface area contributed by atoms with Crippen LogP contribution in [0.3, 0.4) is 0 Å². The van der Waals surface area contributed by atoms with E-state index in [0.29, 0.717) is 5.75 Å². The molecule has 2 atom stereocenters. The Morgan fingerprint density at radius 2 is 1.95 bits per heavy atom. The zero-order valence-electron chi connectivity index (χ0n) is 12.5. The molecule has 2 rings (SSSR count). The Bertz CT molecular complexity index is 703. The first-order valence-electron chi connectivity index (χ1n) is 6.95. The van der Waals surface area contributed by atoms with Crippen molar-refractivity contribution in [3.8, 4) is 0 Å². The van der Waals surface area contributed by atoms with Crippen molar-refractivity contribution < 1.29 is 13.4 Å². The van der Waals surface area contributed by atoms with E-state index in [9.17, 15) is 13.4 Å². The number of para-hydroxylation sites is 1. The molecule has 0 aliphatic carbocycles. The Labute approximate surface area is 132 Å². The first-order valence-corrected chi connectivity index (χ1v) is 8.33. The van der Waals surface area contributed by atoms with Gasteiger partial charge in [-0.3, -0.25) is 9.00 Å². The summed E-state index contributed by atoms with van der Waals surface area (Å²) in [5, 5.41) is 1.76. The Balaban J connectivity index is 2.01. The van der Waals surface area contributed by atoms with Crippen molar-refractivity contribution in [2.24, 2.45) is 0 Å². The second-order valence-corrected chi connectivity index (χ2v) is 6.88. The molecule has 2 aromatic rings. The Morgan fingerprint density at radius 3 is 2.64 bits per heavy atom. The molecule has 116 valence electrons. The predicted octanol–water partition coefficient (Wildman–Crippen LogP) is 3.41. The standard InChI is InChI=1S/C17H18FNO2S/c1-12-6-5-7-14(10-12)11-22(21)13(2)17(20)19-16-9-4-3-8-15(16)18/h3-10,13H,11H2,1-2H3,(H,19,20)/t13-,22-/m1/s1. The number of benzene rings is 2. The average molecular weight is 319 g/mol. The summed E-state index contributed by atoms with van der Waals surface area (Å²) in [6.07, 6.45) is 0. The maximum absolute atomic E-state index is 13.5. The number of rotatable bonds is 5. The number of nitrogens with one attached hydrogen (secondary N) is 1. The lowest BCUT2D eigenvalue weighted by Gasteiger charge is -2.13. The van der Waals surface area contributed by atoms with E-state index in [-0.39, 0.29) is 5.69 Å². The number of carbonyl (C=O) groups excluding carboxylic acids is 1. The number of hydrogen-bond acceptors (Lipinski definition) is 2. The van der Waals surface area contributed by atoms with E-state index in [4.69, 9.17) is 0 Å². The molecule has 0 aromatic heterocycles. The summed E-state index contributed by atoms with van der Waals surface area (Å²) in [5.74, 6) is -0.656. The number of halogens is 1. The molecule has 0 unspecified atom stereocenters. The Morgan fingerprint density at radius 1 is 1.23 bits per heavy atom. The van der Waals surface area contributed by atoms with Crippen molar-refractivity contribution in [2.75, 3.05) is 5.32 Å². The number of hydrogen-bond donors (Lipinski definition) is 1. The molecule has 0 heterocycles. The van der Waals surface area contributed by atoms with E-state index in [1.165, 1.54) is 12.1 Å². The molecule has 0 saturated carbocycles. The van der Waals surface area contributed by atoms with Gasteiger partial charge in [-0.05, 0) is 31.5 Å². The molecule has 5 heteroatoms. The second-order valence-electron chi connectivity index (χ2n) is 5.13. The van der Waals surface area contributed by atoms with E-state index in [0.717, 1.165) is 11.1 Å². The van der Waals surface area contributed by atoms with Crippen LogP contribution in [0.5, 0.6) is 0 Å². The lowest BCUT2D eigenvalue weighted by Crippen LogP contribution is -2.30. The highest BCUT2D eigenvalue weighted by atomic mass is 32.2. The van der Waals surface area contributed by atoms with Crippen molar-refractivity contribution in [1.29, 1.82) is 0 Å². The van der Waals surface area contributed by atoms with Crippen LogP contribution in [0, 0.1) is 12.7 Å². The lowest BCUT2D eigenvalue weighted by molar-refractivity contribution is -0.115. The summed E-state index contributed by atoms with van der Waals surface area (Å²) in [4.78, 5) is 12.1. The summed E-state index contributed by atoms with van der Waals surface area (Å²) < 4.78 is 25.8. The molecule has 1 amide bonds. The Hall–Kier alpha value is -2.01. The third-order valence-electron chi connectivity index (χ3n) is 3.29. The summed E-state index contributed by atoms with van der Waals surface area (Å²) in [5.41, 5.74) is 2.11. The molecule has 0 saturated heterocycles. The highest BCUT2D eigenvalue weighted by Gasteiger charge is 2.21. The minimum Gasteiger partial charge on any atom is -0.323 e. The summed E-state index contributed by atoms with van der Waals surface area (Å²) >= 11 is 0. The van der Waals surface area contributed by atoms with E-state index in [1.807, 2.05) is 31.2 Å². The van der Waals surface area contributed by atoms with Crippen LogP contribution >= 0.6 is 0 Å². The largest absolute Gasteiger partial charge is 0.323 e. The molecular weight excluding hydrogens is 301 g/mol. The zero-order chi connectivity index (χ0) is 16.1. The number of anilines is 1. The topological polar surface area (TPSA) is 46.2 Å². The van der Waals surface area contributed by atoms with Crippen molar-refractivity contribution >= 4 is 22.4 Å². The fraction of sp³-hybridized carbons (Fsp3) is 0.235. The summed E-state index contributed by atoms with van der Waals surface area (Å²) in [7, 11) is -1.37. The number of aryl methyl sites for hydroxylation is 1. The van der Waals surface area contributed by atoms with Gasteiger partial charge in [-0.25, -0.2) is 4.39 Å². The normalized spacial score (nSPS) is 13.4. The maximum atomic E-state index is 13.5. The molecule has 3 nitrogen and oxygen atoms in total. The van der Waals surface area contributed by atoms with Gasteiger partial charge in [0.1, 0.15) is 11.1 Å². The van der Waals surface area contributed by atoms with Gasteiger partial charge < -0.3 is 5.32 Å². The highest BCUT2D eigenvalue weighted by molar-refractivity contribution is 7.85. The van der Waals surface area contributed by atoms with Crippen LogP contribution in [0.15, 0.2) is 48.5 Å². The zero-order valence-corrected chi connectivity index (χ0v) is 13.3. The quantitative estimate of drug-likeness (QED) is 0.918. The molecule has 0 aliphatic rings. The van der Waals surface area contributed by atoms with E-state index in [1.54, 1.807) is 19.1 Å².